The van der Waals surface area contributed by atoms with Crippen molar-refractivity contribution in [3.63, 3.8) is 0 Å². The second-order valence-electron chi connectivity index (χ2n) is 5.70. The molecule has 2 rings (SSSR count). The molecule has 144 valence electrons. The molecule has 0 fully saturated rings. The van der Waals surface area contributed by atoms with Crippen molar-refractivity contribution in [2.45, 2.75) is 20.5 Å². The Morgan fingerprint density at radius 2 is 1.85 bits per heavy atom. The molecular weight excluding hydrogens is 370 g/mol. The number of anilines is 1. The Hall–Kier alpha value is -2.74. The van der Waals surface area contributed by atoms with Crippen LogP contribution in [0.1, 0.15) is 25.0 Å². The van der Waals surface area contributed by atoms with Gasteiger partial charge in [0.15, 0.2) is 5.11 Å². The molecule has 0 amide bonds. The van der Waals surface area contributed by atoms with E-state index >= 15 is 0 Å². The standard InChI is InChI=1S/C19H22F2N4OS/c1-3-25(4-2)17-6-5-14(11-23-24-19(22)27)18(10-17)26-12-13-7-15(20)9-16(21)8-13/h5-11H,3-4,12H2,1-2H3,(H3,22,24,27)/b23-11+. The number of ether oxygens (including phenoxy) is 1. The monoisotopic (exact) mass is 392 g/mol. The summed E-state index contributed by atoms with van der Waals surface area (Å²) < 4.78 is 32.6. The molecule has 5 nitrogen and oxygen atoms in total. The first kappa shape index (κ1) is 20.6. The Balaban J connectivity index is 2.28. The highest BCUT2D eigenvalue weighted by Gasteiger charge is 2.09. The topological polar surface area (TPSA) is 62.9 Å². The summed E-state index contributed by atoms with van der Waals surface area (Å²) in [5.41, 5.74) is 9.88. The second kappa shape index (κ2) is 9.82. The van der Waals surface area contributed by atoms with E-state index in [-0.39, 0.29) is 11.7 Å². The zero-order valence-electron chi connectivity index (χ0n) is 15.2. The molecule has 8 heteroatoms. The lowest BCUT2D eigenvalue weighted by Gasteiger charge is -2.22. The number of thiocarbonyl (C=S) groups is 1. The van der Waals surface area contributed by atoms with Crippen molar-refractivity contribution >= 4 is 29.2 Å². The number of hydrogen-bond donors (Lipinski definition) is 2. The molecule has 0 saturated carbocycles. The fourth-order valence-electron chi connectivity index (χ4n) is 2.56. The van der Waals surface area contributed by atoms with Crippen LogP contribution in [0.3, 0.4) is 0 Å². The number of hydrogen-bond acceptors (Lipinski definition) is 4. The van der Waals surface area contributed by atoms with E-state index in [1.54, 1.807) is 0 Å². The molecule has 27 heavy (non-hydrogen) atoms. The molecule has 0 aliphatic heterocycles. The second-order valence-corrected chi connectivity index (χ2v) is 6.13. The summed E-state index contributed by atoms with van der Waals surface area (Å²) in [5.74, 6) is -0.765. The third kappa shape index (κ3) is 6.18. The molecule has 0 spiro atoms. The SMILES string of the molecule is CCN(CC)c1ccc(/C=N/NC(N)=S)c(OCc2cc(F)cc(F)c2)c1. The third-order valence-corrected chi connectivity index (χ3v) is 3.91. The van der Waals surface area contributed by atoms with Gasteiger partial charge in [-0.05, 0) is 55.9 Å². The van der Waals surface area contributed by atoms with Crippen molar-refractivity contribution in [1.29, 1.82) is 0 Å². The maximum atomic E-state index is 13.4. The normalized spacial score (nSPS) is 10.8. The molecule has 0 atom stereocenters. The van der Waals surface area contributed by atoms with E-state index < -0.39 is 11.6 Å². The zero-order chi connectivity index (χ0) is 19.8. The van der Waals surface area contributed by atoms with Crippen molar-refractivity contribution in [3.05, 3.63) is 59.2 Å². The van der Waals surface area contributed by atoms with E-state index in [4.69, 9.17) is 22.7 Å². The molecular formula is C19H22F2N4OS. The van der Waals surface area contributed by atoms with Gasteiger partial charge in [0.05, 0.1) is 6.21 Å². The summed E-state index contributed by atoms with van der Waals surface area (Å²) in [4.78, 5) is 2.16. The average molecular weight is 392 g/mol. The van der Waals surface area contributed by atoms with Crippen LogP contribution in [0.4, 0.5) is 14.5 Å². The molecule has 0 bridgehead atoms. The van der Waals surface area contributed by atoms with Gasteiger partial charge in [-0.15, -0.1) is 0 Å². The quantitative estimate of drug-likeness (QED) is 0.409. The number of nitrogens with two attached hydrogens (primary N) is 1. The van der Waals surface area contributed by atoms with E-state index in [2.05, 4.69) is 29.3 Å². The maximum absolute atomic E-state index is 13.4. The number of rotatable bonds is 8. The van der Waals surface area contributed by atoms with Crippen molar-refractivity contribution in [1.82, 2.24) is 5.43 Å². The Morgan fingerprint density at radius 1 is 1.19 bits per heavy atom. The van der Waals surface area contributed by atoms with Crippen molar-refractivity contribution < 1.29 is 13.5 Å². The van der Waals surface area contributed by atoms with Gasteiger partial charge in [0.25, 0.3) is 0 Å². The highest BCUT2D eigenvalue weighted by Crippen LogP contribution is 2.26. The van der Waals surface area contributed by atoms with Crippen molar-refractivity contribution in [2.75, 3.05) is 18.0 Å². The zero-order valence-corrected chi connectivity index (χ0v) is 16.0. The van der Waals surface area contributed by atoms with Crippen molar-refractivity contribution in [3.8, 4) is 5.75 Å². The van der Waals surface area contributed by atoms with Gasteiger partial charge in [0.1, 0.15) is 24.0 Å². The van der Waals surface area contributed by atoms with Gasteiger partial charge in [0.2, 0.25) is 0 Å². The van der Waals surface area contributed by atoms with E-state index in [0.717, 1.165) is 24.8 Å². The van der Waals surface area contributed by atoms with Crippen LogP contribution in [-0.4, -0.2) is 24.4 Å². The fourth-order valence-corrected chi connectivity index (χ4v) is 2.61. The molecule has 0 heterocycles. The Bertz CT molecular complexity index is 805. The van der Waals surface area contributed by atoms with Gasteiger partial charge >= 0.3 is 0 Å². The summed E-state index contributed by atoms with van der Waals surface area (Å²) in [5, 5.41) is 3.99. The minimum Gasteiger partial charge on any atom is -0.488 e. The van der Waals surface area contributed by atoms with Crippen molar-refractivity contribution in [2.24, 2.45) is 10.8 Å². The van der Waals surface area contributed by atoms with Crippen LogP contribution >= 0.6 is 12.2 Å². The van der Waals surface area contributed by atoms with Gasteiger partial charge in [0, 0.05) is 36.5 Å². The maximum Gasteiger partial charge on any atom is 0.184 e. The number of hydrazone groups is 1. The minimum absolute atomic E-state index is 0.0138. The molecule has 2 aromatic rings. The lowest BCUT2D eigenvalue weighted by Crippen LogP contribution is -2.24. The molecule has 2 aromatic carbocycles. The lowest BCUT2D eigenvalue weighted by molar-refractivity contribution is 0.304. The average Bonchev–Trinajstić information content (AvgIpc) is 2.61. The van der Waals surface area contributed by atoms with E-state index in [0.29, 0.717) is 16.9 Å². The fraction of sp³-hybridized carbons (Fsp3) is 0.263. The van der Waals surface area contributed by atoms with E-state index in [9.17, 15) is 8.78 Å². The molecule has 0 radical (unpaired) electrons. The molecule has 0 aromatic heterocycles. The van der Waals surface area contributed by atoms with Crippen LogP contribution in [0.2, 0.25) is 0 Å². The Labute approximate surface area is 162 Å². The first-order valence-electron chi connectivity index (χ1n) is 8.48. The molecule has 3 N–H and O–H groups in total. The summed E-state index contributed by atoms with van der Waals surface area (Å²) >= 11 is 4.71. The highest BCUT2D eigenvalue weighted by atomic mass is 32.1. The van der Waals surface area contributed by atoms with Gasteiger partial charge < -0.3 is 15.4 Å². The molecule has 0 aliphatic carbocycles. The minimum atomic E-state index is -0.645. The van der Waals surface area contributed by atoms with Gasteiger partial charge in [-0.1, -0.05) is 0 Å². The molecule has 0 aliphatic rings. The summed E-state index contributed by atoms with van der Waals surface area (Å²) in [6.45, 7) is 5.80. The Kier molecular flexibility index (Phi) is 7.48. The smallest absolute Gasteiger partial charge is 0.184 e. The Morgan fingerprint density at radius 3 is 2.44 bits per heavy atom. The predicted molar refractivity (Wildman–Crippen MR) is 108 cm³/mol. The van der Waals surface area contributed by atoms with Gasteiger partial charge in [-0.2, -0.15) is 5.10 Å². The number of nitrogens with one attached hydrogen (secondary N) is 1. The molecule has 0 unspecified atom stereocenters. The summed E-state index contributed by atoms with van der Waals surface area (Å²) in [7, 11) is 0. The number of nitrogens with zero attached hydrogens (tertiary/aromatic N) is 2. The predicted octanol–water partition coefficient (Wildman–Crippen LogP) is 3.56. The largest absolute Gasteiger partial charge is 0.488 e. The summed E-state index contributed by atoms with van der Waals surface area (Å²) in [6.07, 6.45) is 1.52. The van der Waals surface area contributed by atoms with Crippen LogP contribution in [0, 0.1) is 11.6 Å². The number of benzene rings is 2. The van der Waals surface area contributed by atoms with Gasteiger partial charge in [-0.3, -0.25) is 5.43 Å². The van der Waals surface area contributed by atoms with E-state index in [1.807, 2.05) is 18.2 Å². The lowest BCUT2D eigenvalue weighted by atomic mass is 10.1. The highest BCUT2D eigenvalue weighted by molar-refractivity contribution is 7.80. The van der Waals surface area contributed by atoms with E-state index in [1.165, 1.54) is 18.3 Å². The van der Waals surface area contributed by atoms with Crippen LogP contribution in [0.15, 0.2) is 41.5 Å². The van der Waals surface area contributed by atoms with Crippen LogP contribution < -0.4 is 20.8 Å². The first-order valence-corrected chi connectivity index (χ1v) is 8.89. The number of halogens is 2. The first-order chi connectivity index (χ1) is 12.9. The molecule has 0 saturated heterocycles. The summed E-state index contributed by atoms with van der Waals surface area (Å²) in [6, 6.07) is 8.96. The van der Waals surface area contributed by atoms with Crippen LogP contribution in [0.5, 0.6) is 5.75 Å². The van der Waals surface area contributed by atoms with Crippen LogP contribution in [0.25, 0.3) is 0 Å². The van der Waals surface area contributed by atoms with Gasteiger partial charge in [-0.25, -0.2) is 8.78 Å². The third-order valence-electron chi connectivity index (χ3n) is 3.82. The van der Waals surface area contributed by atoms with Crippen LogP contribution in [-0.2, 0) is 6.61 Å².